The first-order chi connectivity index (χ1) is 7.31. The summed E-state index contributed by atoms with van der Waals surface area (Å²) in [6, 6.07) is 5.74. The molecule has 3 nitrogen and oxygen atoms in total. The number of nitrogens with zero attached hydrogens (tertiary/aromatic N) is 1. The maximum Gasteiger partial charge on any atom is 0.274 e. The molecule has 1 aromatic heterocycles. The van der Waals surface area contributed by atoms with Crippen LogP contribution in [0.15, 0.2) is 18.2 Å². The highest BCUT2D eigenvalue weighted by Gasteiger charge is 2.22. The van der Waals surface area contributed by atoms with E-state index in [1.165, 1.54) is 12.8 Å². The highest BCUT2D eigenvalue weighted by atomic mass is 32.1. The van der Waals surface area contributed by atoms with Crippen molar-refractivity contribution in [2.45, 2.75) is 12.8 Å². The van der Waals surface area contributed by atoms with Crippen molar-refractivity contribution in [3.8, 4) is 5.19 Å². The third-order valence-electron chi connectivity index (χ3n) is 2.53. The van der Waals surface area contributed by atoms with E-state index in [1.807, 2.05) is 18.2 Å². The van der Waals surface area contributed by atoms with Crippen LogP contribution < -0.4 is 10.5 Å². The largest absolute Gasteiger partial charge is 0.470 e. The Bertz CT molecular complexity index is 490. The maximum absolute atomic E-state index is 5.70. The Balaban J connectivity index is 1.84. The quantitative estimate of drug-likeness (QED) is 0.809. The average Bonchev–Trinajstić information content (AvgIpc) is 2.95. The fourth-order valence-electron chi connectivity index (χ4n) is 1.46. The highest BCUT2D eigenvalue weighted by molar-refractivity contribution is 7.20. The highest BCUT2D eigenvalue weighted by Crippen LogP contribution is 2.33. The lowest BCUT2D eigenvalue weighted by Gasteiger charge is -1.97. The molecule has 1 aromatic carbocycles. The van der Waals surface area contributed by atoms with E-state index < -0.39 is 0 Å². The van der Waals surface area contributed by atoms with Crippen LogP contribution in [0.5, 0.6) is 5.19 Å². The zero-order valence-corrected chi connectivity index (χ0v) is 9.09. The van der Waals surface area contributed by atoms with Crippen LogP contribution >= 0.6 is 11.3 Å². The third-order valence-corrected chi connectivity index (χ3v) is 3.46. The van der Waals surface area contributed by atoms with Crippen LogP contribution in [0.4, 0.5) is 5.69 Å². The number of hydrogen-bond donors (Lipinski definition) is 1. The number of ether oxygens (including phenoxy) is 1. The van der Waals surface area contributed by atoms with Gasteiger partial charge in [0, 0.05) is 5.69 Å². The maximum atomic E-state index is 5.70. The third kappa shape index (κ3) is 1.90. The molecule has 1 fully saturated rings. The number of nitrogen functional groups attached to an aromatic ring is 1. The molecule has 78 valence electrons. The molecule has 3 rings (SSSR count). The predicted octanol–water partition coefficient (Wildman–Crippen LogP) is 2.67. The minimum absolute atomic E-state index is 0.766. The number of thiazole rings is 1. The van der Waals surface area contributed by atoms with Crippen LogP contribution in [-0.2, 0) is 0 Å². The van der Waals surface area contributed by atoms with E-state index in [4.69, 9.17) is 10.5 Å². The normalized spacial score (nSPS) is 15.7. The van der Waals surface area contributed by atoms with E-state index in [9.17, 15) is 0 Å². The summed E-state index contributed by atoms with van der Waals surface area (Å²) in [5.74, 6) is 0.766. The molecule has 1 aliphatic rings. The minimum Gasteiger partial charge on any atom is -0.470 e. The molecule has 2 N–H and O–H groups in total. The Kier molecular flexibility index (Phi) is 2.02. The van der Waals surface area contributed by atoms with Crippen LogP contribution in [0.3, 0.4) is 0 Å². The standard InChI is InChI=1S/C11H12N2OS/c12-8-3-4-9-10(5-8)15-11(13-9)14-6-7-1-2-7/h3-5,7H,1-2,6,12H2. The Morgan fingerprint density at radius 2 is 2.33 bits per heavy atom. The fraction of sp³-hybridized carbons (Fsp3) is 0.364. The van der Waals surface area contributed by atoms with E-state index in [0.717, 1.165) is 33.6 Å². The molecule has 2 aromatic rings. The molecule has 1 saturated carbocycles. The molecule has 0 atom stereocenters. The number of benzene rings is 1. The molecular weight excluding hydrogens is 208 g/mol. The van der Waals surface area contributed by atoms with E-state index in [2.05, 4.69) is 4.98 Å². The smallest absolute Gasteiger partial charge is 0.274 e. The lowest BCUT2D eigenvalue weighted by atomic mass is 10.3. The summed E-state index contributed by atoms with van der Waals surface area (Å²) in [5.41, 5.74) is 7.45. The van der Waals surface area contributed by atoms with Gasteiger partial charge in [0.25, 0.3) is 5.19 Å². The summed E-state index contributed by atoms with van der Waals surface area (Å²) < 4.78 is 6.72. The van der Waals surface area contributed by atoms with Crippen molar-refractivity contribution in [3.63, 3.8) is 0 Å². The summed E-state index contributed by atoms with van der Waals surface area (Å²) in [5, 5.41) is 0.766. The zero-order valence-electron chi connectivity index (χ0n) is 8.27. The number of nitrogens with two attached hydrogens (primary N) is 1. The second-order valence-electron chi connectivity index (χ2n) is 3.96. The second-order valence-corrected chi connectivity index (χ2v) is 4.95. The van der Waals surface area contributed by atoms with Gasteiger partial charge in [-0.3, -0.25) is 0 Å². The van der Waals surface area contributed by atoms with Gasteiger partial charge in [0.1, 0.15) is 0 Å². The van der Waals surface area contributed by atoms with Crippen molar-refractivity contribution >= 4 is 27.2 Å². The molecule has 0 amide bonds. The van der Waals surface area contributed by atoms with Crippen molar-refractivity contribution < 1.29 is 4.74 Å². The molecule has 0 saturated heterocycles. The molecule has 15 heavy (non-hydrogen) atoms. The van der Waals surface area contributed by atoms with Gasteiger partial charge in [-0.2, -0.15) is 0 Å². The van der Waals surface area contributed by atoms with Gasteiger partial charge >= 0.3 is 0 Å². The summed E-state index contributed by atoms with van der Waals surface area (Å²) in [6.45, 7) is 0.815. The van der Waals surface area contributed by atoms with Crippen LogP contribution in [0.25, 0.3) is 10.2 Å². The van der Waals surface area contributed by atoms with Gasteiger partial charge in [0.15, 0.2) is 0 Å². The van der Waals surface area contributed by atoms with Crippen LogP contribution in [0, 0.1) is 5.92 Å². The summed E-state index contributed by atoms with van der Waals surface area (Å²) in [4.78, 5) is 4.39. The fourth-order valence-corrected chi connectivity index (χ4v) is 2.33. The molecule has 1 aliphatic carbocycles. The Morgan fingerprint density at radius 3 is 3.13 bits per heavy atom. The summed E-state index contributed by atoms with van der Waals surface area (Å²) in [6.07, 6.45) is 2.61. The van der Waals surface area contributed by atoms with Crippen molar-refractivity contribution in [1.82, 2.24) is 4.98 Å². The van der Waals surface area contributed by atoms with Crippen molar-refractivity contribution in [3.05, 3.63) is 18.2 Å². The van der Waals surface area contributed by atoms with Gasteiger partial charge in [-0.05, 0) is 37.0 Å². The molecular formula is C11H12N2OS. The number of rotatable bonds is 3. The number of fused-ring (bicyclic) bond motifs is 1. The second kappa shape index (κ2) is 3.38. The van der Waals surface area contributed by atoms with E-state index in [0.29, 0.717) is 0 Å². The monoisotopic (exact) mass is 220 g/mol. The average molecular weight is 220 g/mol. The van der Waals surface area contributed by atoms with Gasteiger partial charge in [-0.1, -0.05) is 11.3 Å². The van der Waals surface area contributed by atoms with Crippen LogP contribution in [0.2, 0.25) is 0 Å². The molecule has 0 bridgehead atoms. The summed E-state index contributed by atoms with van der Waals surface area (Å²) >= 11 is 1.57. The van der Waals surface area contributed by atoms with E-state index in [1.54, 1.807) is 11.3 Å². The predicted molar refractivity (Wildman–Crippen MR) is 62.3 cm³/mol. The Morgan fingerprint density at radius 1 is 1.47 bits per heavy atom. The van der Waals surface area contributed by atoms with E-state index in [-0.39, 0.29) is 0 Å². The molecule has 0 aliphatic heterocycles. The van der Waals surface area contributed by atoms with Crippen molar-refractivity contribution in [1.29, 1.82) is 0 Å². The number of aromatic nitrogens is 1. The van der Waals surface area contributed by atoms with Gasteiger partial charge in [0.2, 0.25) is 0 Å². The van der Waals surface area contributed by atoms with Crippen molar-refractivity contribution in [2.75, 3.05) is 12.3 Å². The SMILES string of the molecule is Nc1ccc2nc(OCC3CC3)sc2c1. The zero-order chi connectivity index (χ0) is 10.3. The molecule has 1 heterocycles. The molecule has 0 unspecified atom stereocenters. The first-order valence-electron chi connectivity index (χ1n) is 5.10. The minimum atomic E-state index is 0.766. The Labute approximate surface area is 91.9 Å². The van der Waals surface area contributed by atoms with Gasteiger partial charge in [-0.15, -0.1) is 0 Å². The lowest BCUT2D eigenvalue weighted by Crippen LogP contribution is -1.97. The van der Waals surface area contributed by atoms with Crippen LogP contribution in [0.1, 0.15) is 12.8 Å². The van der Waals surface area contributed by atoms with Crippen LogP contribution in [-0.4, -0.2) is 11.6 Å². The van der Waals surface area contributed by atoms with Gasteiger partial charge < -0.3 is 10.5 Å². The molecule has 0 spiro atoms. The first kappa shape index (κ1) is 8.97. The topological polar surface area (TPSA) is 48.1 Å². The lowest BCUT2D eigenvalue weighted by molar-refractivity contribution is 0.299. The first-order valence-corrected chi connectivity index (χ1v) is 5.92. The Hall–Kier alpha value is -1.29. The van der Waals surface area contributed by atoms with E-state index >= 15 is 0 Å². The summed E-state index contributed by atoms with van der Waals surface area (Å²) in [7, 11) is 0. The molecule has 0 radical (unpaired) electrons. The van der Waals surface area contributed by atoms with Gasteiger partial charge in [-0.25, -0.2) is 4.98 Å². The molecule has 4 heteroatoms. The number of anilines is 1. The van der Waals surface area contributed by atoms with Crippen molar-refractivity contribution in [2.24, 2.45) is 5.92 Å². The van der Waals surface area contributed by atoms with Gasteiger partial charge in [0.05, 0.1) is 16.8 Å². The number of hydrogen-bond acceptors (Lipinski definition) is 4.